The maximum absolute atomic E-state index is 12.6. The van der Waals surface area contributed by atoms with Crippen molar-refractivity contribution in [2.75, 3.05) is 44.7 Å². The number of halogens is 1. The number of anilines is 1. The Balaban J connectivity index is 0.00000289. The Morgan fingerprint density at radius 1 is 0.969 bits per heavy atom. The number of aromatic nitrogens is 3. The summed E-state index contributed by atoms with van der Waals surface area (Å²) in [7, 11) is 1.66. The van der Waals surface area contributed by atoms with Gasteiger partial charge in [0.2, 0.25) is 0 Å². The molecule has 4 rings (SSSR count). The van der Waals surface area contributed by atoms with E-state index < -0.39 is 0 Å². The second-order valence-corrected chi connectivity index (χ2v) is 8.13. The molecule has 3 heterocycles. The largest absolute Gasteiger partial charge is 0.497 e. The van der Waals surface area contributed by atoms with Gasteiger partial charge in [-0.2, -0.15) is 0 Å². The van der Waals surface area contributed by atoms with Gasteiger partial charge < -0.3 is 9.64 Å². The quantitative estimate of drug-likeness (QED) is 0.545. The number of benzene rings is 1. The smallest absolute Gasteiger partial charge is 0.267 e. The molecule has 0 saturated carbocycles. The Bertz CT molecular complexity index is 1070. The minimum absolute atomic E-state index is 0. The highest BCUT2D eigenvalue weighted by atomic mass is 35.5. The van der Waals surface area contributed by atoms with E-state index in [0.717, 1.165) is 62.1 Å². The van der Waals surface area contributed by atoms with E-state index in [1.807, 2.05) is 52.8 Å². The average molecular weight is 458 g/mol. The predicted octanol–water partition coefficient (Wildman–Crippen LogP) is 3.29. The molecular weight excluding hydrogens is 426 g/mol. The van der Waals surface area contributed by atoms with Gasteiger partial charge in [0.15, 0.2) is 0 Å². The molecule has 1 saturated heterocycles. The van der Waals surface area contributed by atoms with Crippen LogP contribution >= 0.6 is 12.4 Å². The van der Waals surface area contributed by atoms with Gasteiger partial charge in [-0.3, -0.25) is 14.4 Å². The van der Waals surface area contributed by atoms with Gasteiger partial charge in [0.25, 0.3) is 5.56 Å². The number of piperazine rings is 1. The lowest BCUT2D eigenvalue weighted by atomic mass is 10.2. The van der Waals surface area contributed by atoms with Crippen molar-refractivity contribution in [3.8, 4) is 11.4 Å². The monoisotopic (exact) mass is 457 g/mol. The fourth-order valence-electron chi connectivity index (χ4n) is 4.22. The Morgan fingerprint density at radius 2 is 1.69 bits per heavy atom. The van der Waals surface area contributed by atoms with Crippen LogP contribution in [0.5, 0.6) is 5.75 Å². The second kappa shape index (κ2) is 10.7. The summed E-state index contributed by atoms with van der Waals surface area (Å²) in [5.74, 6) is 1.88. The number of nitrogens with zero attached hydrogens (tertiary/aromatic N) is 5. The molecule has 1 aliphatic rings. The third-order valence-electron chi connectivity index (χ3n) is 5.92. The number of hydrogen-bond donors (Lipinski definition) is 0. The molecule has 0 atom stereocenters. The third-order valence-corrected chi connectivity index (χ3v) is 5.92. The van der Waals surface area contributed by atoms with Gasteiger partial charge in [-0.15, -0.1) is 12.4 Å². The molecule has 1 aliphatic heterocycles. The number of hydrogen-bond acceptors (Lipinski definition) is 5. The van der Waals surface area contributed by atoms with E-state index in [-0.39, 0.29) is 18.0 Å². The molecule has 0 N–H and O–H groups in total. The van der Waals surface area contributed by atoms with Crippen molar-refractivity contribution in [3.05, 3.63) is 70.3 Å². The highest BCUT2D eigenvalue weighted by molar-refractivity contribution is 5.85. The highest BCUT2D eigenvalue weighted by Gasteiger charge is 2.18. The topological polar surface area (TPSA) is 55.5 Å². The zero-order chi connectivity index (χ0) is 21.8. The van der Waals surface area contributed by atoms with E-state index in [4.69, 9.17) is 4.74 Å². The summed E-state index contributed by atoms with van der Waals surface area (Å²) in [5, 5.41) is 0. The van der Waals surface area contributed by atoms with Crippen LogP contribution in [0.2, 0.25) is 0 Å². The summed E-state index contributed by atoms with van der Waals surface area (Å²) in [6.07, 6.45) is 2.82. The van der Waals surface area contributed by atoms with Crippen molar-refractivity contribution in [2.45, 2.75) is 26.8 Å². The molecular formula is C24H32ClN5O2. The molecule has 1 fully saturated rings. The Morgan fingerprint density at radius 3 is 2.34 bits per heavy atom. The molecule has 0 bridgehead atoms. The van der Waals surface area contributed by atoms with Crippen molar-refractivity contribution < 1.29 is 4.74 Å². The fraction of sp³-hybridized carbons (Fsp3) is 0.417. The van der Waals surface area contributed by atoms with Gasteiger partial charge in [-0.05, 0) is 62.2 Å². The van der Waals surface area contributed by atoms with Crippen molar-refractivity contribution >= 4 is 18.2 Å². The summed E-state index contributed by atoms with van der Waals surface area (Å²) >= 11 is 0. The minimum atomic E-state index is 0. The van der Waals surface area contributed by atoms with E-state index >= 15 is 0 Å². The lowest BCUT2D eigenvalue weighted by Gasteiger charge is -2.35. The molecule has 0 aliphatic carbocycles. The molecule has 0 unspecified atom stereocenters. The zero-order valence-electron chi connectivity index (χ0n) is 19.0. The maximum atomic E-state index is 12.6. The third kappa shape index (κ3) is 5.34. The van der Waals surface area contributed by atoms with Gasteiger partial charge in [-0.1, -0.05) is 0 Å². The first kappa shape index (κ1) is 23.9. The molecule has 0 amide bonds. The normalized spacial score (nSPS) is 14.3. The molecule has 3 aromatic rings. The Hall–Kier alpha value is -2.77. The number of ether oxygens (including phenoxy) is 1. The molecule has 7 nitrogen and oxygen atoms in total. The van der Waals surface area contributed by atoms with Crippen LogP contribution < -0.4 is 15.2 Å². The van der Waals surface area contributed by atoms with Crippen LogP contribution in [0.1, 0.15) is 17.7 Å². The Kier molecular flexibility index (Phi) is 7.99. The predicted molar refractivity (Wildman–Crippen MR) is 131 cm³/mol. The van der Waals surface area contributed by atoms with Crippen LogP contribution in [0.15, 0.2) is 53.5 Å². The first-order valence-electron chi connectivity index (χ1n) is 10.9. The molecule has 8 heteroatoms. The van der Waals surface area contributed by atoms with E-state index in [9.17, 15) is 4.79 Å². The van der Waals surface area contributed by atoms with Crippen LogP contribution in [0.25, 0.3) is 5.69 Å². The fourth-order valence-corrected chi connectivity index (χ4v) is 4.22. The number of rotatable bonds is 7. The summed E-state index contributed by atoms with van der Waals surface area (Å²) in [5.41, 5.74) is 3.20. The first-order valence-corrected chi connectivity index (χ1v) is 10.9. The molecule has 0 spiro atoms. The van der Waals surface area contributed by atoms with Gasteiger partial charge in [0, 0.05) is 57.2 Å². The van der Waals surface area contributed by atoms with E-state index in [0.29, 0.717) is 6.54 Å². The molecule has 0 radical (unpaired) electrons. The van der Waals surface area contributed by atoms with Gasteiger partial charge >= 0.3 is 0 Å². The molecule has 2 aromatic heterocycles. The lowest BCUT2D eigenvalue weighted by Crippen LogP contribution is -2.47. The summed E-state index contributed by atoms with van der Waals surface area (Å²) in [6, 6.07) is 13.7. The number of methoxy groups -OCH3 is 1. The number of aryl methyl sites for hydroxylation is 2. The van der Waals surface area contributed by atoms with Crippen LogP contribution in [0, 0.1) is 13.8 Å². The highest BCUT2D eigenvalue weighted by Crippen LogP contribution is 2.17. The van der Waals surface area contributed by atoms with Crippen LogP contribution in [0.4, 0.5) is 5.82 Å². The van der Waals surface area contributed by atoms with Crippen LogP contribution in [-0.4, -0.2) is 59.1 Å². The summed E-state index contributed by atoms with van der Waals surface area (Å²) < 4.78 is 9.09. The van der Waals surface area contributed by atoms with Crippen molar-refractivity contribution in [1.82, 2.24) is 19.2 Å². The van der Waals surface area contributed by atoms with E-state index in [1.54, 1.807) is 13.2 Å². The molecule has 172 valence electrons. The number of pyridine rings is 1. The maximum Gasteiger partial charge on any atom is 0.267 e. The van der Waals surface area contributed by atoms with Crippen molar-refractivity contribution in [1.29, 1.82) is 0 Å². The summed E-state index contributed by atoms with van der Waals surface area (Å²) in [6.45, 7) is 9.75. The average Bonchev–Trinajstić information content (AvgIpc) is 3.07. The van der Waals surface area contributed by atoms with Gasteiger partial charge in [0.05, 0.1) is 12.8 Å². The molecule has 32 heavy (non-hydrogen) atoms. The van der Waals surface area contributed by atoms with Crippen molar-refractivity contribution in [2.24, 2.45) is 0 Å². The lowest BCUT2D eigenvalue weighted by molar-refractivity contribution is 0.247. The van der Waals surface area contributed by atoms with Crippen LogP contribution in [-0.2, 0) is 6.54 Å². The Labute approximate surface area is 195 Å². The van der Waals surface area contributed by atoms with E-state index in [2.05, 4.69) is 27.8 Å². The second-order valence-electron chi connectivity index (χ2n) is 8.13. The van der Waals surface area contributed by atoms with Crippen molar-refractivity contribution in [3.63, 3.8) is 0 Å². The van der Waals surface area contributed by atoms with Gasteiger partial charge in [-0.25, -0.2) is 9.67 Å². The van der Waals surface area contributed by atoms with Gasteiger partial charge in [0.1, 0.15) is 11.6 Å². The molecule has 1 aromatic carbocycles. The minimum Gasteiger partial charge on any atom is -0.497 e. The summed E-state index contributed by atoms with van der Waals surface area (Å²) in [4.78, 5) is 21.9. The standard InChI is InChI=1S/C24H31N5O2.ClH/c1-19-9-10-25-23(17-19)27-15-13-26(14-16-27)11-4-12-28-24(30)18-20(2)29(28)21-5-7-22(31-3)8-6-21;/h5-10,17-18H,4,11-16H2,1-3H3;1H. The SMILES string of the molecule is COc1ccc(-n2c(C)cc(=O)n2CCCN2CCN(c3cc(C)ccn3)CC2)cc1.Cl. The zero-order valence-corrected chi connectivity index (χ0v) is 19.8. The van der Waals surface area contributed by atoms with E-state index in [1.165, 1.54) is 5.56 Å². The first-order chi connectivity index (χ1) is 15.0. The van der Waals surface area contributed by atoms with Crippen LogP contribution in [0.3, 0.4) is 0 Å².